The van der Waals surface area contributed by atoms with Crippen molar-refractivity contribution in [2.45, 2.75) is 30.1 Å². The van der Waals surface area contributed by atoms with Gasteiger partial charge in [0.05, 0.1) is 19.8 Å². The molecule has 3 aromatic rings. The number of anilines is 1. The first-order chi connectivity index (χ1) is 13.9. The molecule has 1 saturated heterocycles. The summed E-state index contributed by atoms with van der Waals surface area (Å²) in [6.45, 7) is 4.15. The van der Waals surface area contributed by atoms with Gasteiger partial charge in [0, 0.05) is 24.4 Å². The van der Waals surface area contributed by atoms with Gasteiger partial charge >= 0.3 is 0 Å². The van der Waals surface area contributed by atoms with Crippen LogP contribution in [0.1, 0.15) is 19.3 Å². The third kappa shape index (κ3) is 5.27. The highest BCUT2D eigenvalue weighted by atomic mass is 32.2. The van der Waals surface area contributed by atoms with Crippen LogP contribution in [0, 0.1) is 0 Å². The van der Waals surface area contributed by atoms with E-state index in [9.17, 15) is 0 Å². The van der Waals surface area contributed by atoms with Gasteiger partial charge in [0.1, 0.15) is 0 Å². The minimum Gasteiger partial charge on any atom is -0.378 e. The number of benzene rings is 1. The Bertz CT molecular complexity index is 849. The van der Waals surface area contributed by atoms with Gasteiger partial charge in [0.15, 0.2) is 4.34 Å². The molecular formula is C18H23N7OS2. The van der Waals surface area contributed by atoms with E-state index in [0.29, 0.717) is 5.82 Å². The minimum atomic E-state index is 0.684. The van der Waals surface area contributed by atoms with Crippen molar-refractivity contribution in [1.82, 2.24) is 30.4 Å². The maximum atomic E-state index is 5.38. The van der Waals surface area contributed by atoms with E-state index in [-0.39, 0.29) is 0 Å². The van der Waals surface area contributed by atoms with Crippen molar-refractivity contribution >= 4 is 28.2 Å². The van der Waals surface area contributed by atoms with Gasteiger partial charge in [0.25, 0.3) is 0 Å². The highest BCUT2D eigenvalue weighted by Crippen LogP contribution is 2.29. The summed E-state index contributed by atoms with van der Waals surface area (Å²) in [5, 5.41) is 22.4. The molecule has 1 fully saturated rings. The zero-order valence-electron chi connectivity index (χ0n) is 15.6. The van der Waals surface area contributed by atoms with E-state index in [4.69, 9.17) is 4.74 Å². The summed E-state index contributed by atoms with van der Waals surface area (Å²) in [6, 6.07) is 9.94. The van der Waals surface area contributed by atoms with E-state index in [1.165, 1.54) is 0 Å². The van der Waals surface area contributed by atoms with Crippen molar-refractivity contribution in [3.63, 3.8) is 0 Å². The SMILES string of the molecule is c1ccc(-c2nnn(CCCCCSc3nnc(N4CCOCC4)s3)n2)cc1. The quantitative estimate of drug-likeness (QED) is 0.388. The van der Waals surface area contributed by atoms with E-state index >= 15 is 0 Å². The van der Waals surface area contributed by atoms with Crippen LogP contribution in [0.4, 0.5) is 5.13 Å². The Balaban J connectivity index is 1.13. The molecule has 8 nitrogen and oxygen atoms in total. The number of hydrogen-bond donors (Lipinski definition) is 0. The third-order valence-electron chi connectivity index (χ3n) is 4.39. The maximum Gasteiger partial charge on any atom is 0.209 e. The van der Waals surface area contributed by atoms with Gasteiger partial charge in [-0.05, 0) is 18.1 Å². The molecular weight excluding hydrogens is 394 g/mol. The lowest BCUT2D eigenvalue weighted by molar-refractivity contribution is 0.122. The fourth-order valence-electron chi connectivity index (χ4n) is 2.88. The lowest BCUT2D eigenvalue weighted by atomic mass is 10.2. The van der Waals surface area contributed by atoms with Crippen molar-refractivity contribution in [2.75, 3.05) is 37.0 Å². The number of tetrazole rings is 1. The number of aryl methyl sites for hydroxylation is 1. The van der Waals surface area contributed by atoms with Gasteiger partial charge in [-0.25, -0.2) is 0 Å². The van der Waals surface area contributed by atoms with Crippen LogP contribution in [-0.4, -0.2) is 62.5 Å². The molecule has 1 aliphatic heterocycles. The summed E-state index contributed by atoms with van der Waals surface area (Å²) in [6.07, 6.45) is 3.31. The molecule has 0 N–H and O–H groups in total. The van der Waals surface area contributed by atoms with Crippen LogP contribution in [0.3, 0.4) is 0 Å². The van der Waals surface area contributed by atoms with E-state index in [2.05, 4.69) is 30.5 Å². The summed E-state index contributed by atoms with van der Waals surface area (Å²) in [7, 11) is 0. The van der Waals surface area contributed by atoms with Crippen LogP contribution in [0.25, 0.3) is 11.4 Å². The summed E-state index contributed by atoms with van der Waals surface area (Å²) in [5.74, 6) is 1.74. The zero-order valence-corrected chi connectivity index (χ0v) is 17.2. The molecule has 0 bridgehead atoms. The van der Waals surface area contributed by atoms with Crippen molar-refractivity contribution < 1.29 is 4.74 Å². The molecule has 28 heavy (non-hydrogen) atoms. The third-order valence-corrected chi connectivity index (χ3v) is 6.59. The molecule has 4 rings (SSSR count). The normalized spacial score (nSPS) is 14.5. The number of nitrogens with zero attached hydrogens (tertiary/aromatic N) is 7. The molecule has 0 saturated carbocycles. The standard InChI is InChI=1S/C18H23N7OS2/c1-3-7-15(8-4-1)16-19-23-25(22-16)9-5-2-6-14-27-18-21-20-17(28-18)24-10-12-26-13-11-24/h1,3-4,7-8H,2,5-6,9-14H2. The Morgan fingerprint density at radius 1 is 1.00 bits per heavy atom. The predicted octanol–water partition coefficient (Wildman–Crippen LogP) is 2.99. The minimum absolute atomic E-state index is 0.684. The predicted molar refractivity (Wildman–Crippen MR) is 111 cm³/mol. The Kier molecular flexibility index (Phi) is 6.85. The van der Waals surface area contributed by atoms with Gasteiger partial charge in [-0.15, -0.1) is 20.4 Å². The maximum absolute atomic E-state index is 5.38. The van der Waals surface area contributed by atoms with Crippen LogP contribution in [0.2, 0.25) is 0 Å². The fraction of sp³-hybridized carbons (Fsp3) is 0.500. The summed E-state index contributed by atoms with van der Waals surface area (Å²) in [4.78, 5) is 3.94. The molecule has 0 aliphatic carbocycles. The van der Waals surface area contributed by atoms with Crippen molar-refractivity contribution in [2.24, 2.45) is 0 Å². The van der Waals surface area contributed by atoms with Crippen LogP contribution in [-0.2, 0) is 11.3 Å². The van der Waals surface area contributed by atoms with Crippen LogP contribution >= 0.6 is 23.1 Å². The van der Waals surface area contributed by atoms with Crippen molar-refractivity contribution in [1.29, 1.82) is 0 Å². The number of ether oxygens (including phenoxy) is 1. The van der Waals surface area contributed by atoms with Crippen LogP contribution in [0.5, 0.6) is 0 Å². The number of unbranched alkanes of at least 4 members (excludes halogenated alkanes) is 2. The average Bonchev–Trinajstić information content (AvgIpc) is 3.42. The van der Waals surface area contributed by atoms with Gasteiger partial charge < -0.3 is 9.64 Å². The summed E-state index contributed by atoms with van der Waals surface area (Å²) in [5.41, 5.74) is 0.999. The molecule has 0 radical (unpaired) electrons. The number of rotatable bonds is 9. The first-order valence-corrected chi connectivity index (χ1v) is 11.3. The highest BCUT2D eigenvalue weighted by Gasteiger charge is 2.15. The van der Waals surface area contributed by atoms with E-state index < -0.39 is 0 Å². The van der Waals surface area contributed by atoms with Crippen LogP contribution < -0.4 is 4.90 Å². The summed E-state index contributed by atoms with van der Waals surface area (Å²) >= 11 is 3.47. The number of aromatic nitrogens is 6. The first kappa shape index (κ1) is 19.3. The molecule has 0 atom stereocenters. The average molecular weight is 418 g/mol. The molecule has 0 spiro atoms. The Morgan fingerprint density at radius 3 is 2.71 bits per heavy atom. The van der Waals surface area contributed by atoms with Gasteiger partial charge in [-0.3, -0.25) is 0 Å². The lowest BCUT2D eigenvalue weighted by Gasteiger charge is -2.25. The topological polar surface area (TPSA) is 81.9 Å². The largest absolute Gasteiger partial charge is 0.378 e. The highest BCUT2D eigenvalue weighted by molar-refractivity contribution is 8.01. The zero-order chi connectivity index (χ0) is 19.0. The van der Waals surface area contributed by atoms with Gasteiger partial charge in [-0.1, -0.05) is 59.9 Å². The summed E-state index contributed by atoms with van der Waals surface area (Å²) < 4.78 is 6.43. The molecule has 1 aromatic carbocycles. The van der Waals surface area contributed by atoms with Crippen molar-refractivity contribution in [3.05, 3.63) is 30.3 Å². The Morgan fingerprint density at radius 2 is 1.86 bits per heavy atom. The smallest absolute Gasteiger partial charge is 0.209 e. The number of hydrogen-bond acceptors (Lipinski definition) is 9. The van der Waals surface area contributed by atoms with Gasteiger partial charge in [0.2, 0.25) is 11.0 Å². The Labute approximate surface area is 172 Å². The number of morpholine rings is 1. The fourth-order valence-corrected chi connectivity index (χ4v) is 4.84. The van der Waals surface area contributed by atoms with Crippen LogP contribution in [0.15, 0.2) is 34.7 Å². The molecule has 10 heteroatoms. The monoisotopic (exact) mass is 417 g/mol. The van der Waals surface area contributed by atoms with Gasteiger partial charge in [-0.2, -0.15) is 4.80 Å². The van der Waals surface area contributed by atoms with Crippen molar-refractivity contribution in [3.8, 4) is 11.4 Å². The second-order valence-corrected chi connectivity index (χ2v) is 8.73. The first-order valence-electron chi connectivity index (χ1n) is 9.51. The molecule has 2 aromatic heterocycles. The molecule has 0 unspecified atom stereocenters. The van der Waals surface area contributed by atoms with E-state index in [1.807, 2.05) is 30.3 Å². The second-order valence-electron chi connectivity index (χ2n) is 6.43. The second kappa shape index (κ2) is 9.94. The number of thioether (sulfide) groups is 1. The van der Waals surface area contributed by atoms with E-state index in [0.717, 1.165) is 72.9 Å². The molecule has 1 aliphatic rings. The molecule has 0 amide bonds. The Hall–Kier alpha value is -2.04. The molecule has 3 heterocycles. The molecule has 148 valence electrons. The lowest BCUT2D eigenvalue weighted by Crippen LogP contribution is -2.36. The van der Waals surface area contributed by atoms with E-state index in [1.54, 1.807) is 27.9 Å².